The van der Waals surface area contributed by atoms with Crippen LogP contribution in [-0.4, -0.2) is 57.9 Å². The molecule has 0 spiro atoms. The van der Waals surface area contributed by atoms with Crippen LogP contribution in [0.4, 0.5) is 13.2 Å². The van der Waals surface area contributed by atoms with Crippen molar-refractivity contribution in [2.45, 2.75) is 30.3 Å². The van der Waals surface area contributed by atoms with Crippen molar-refractivity contribution in [3.8, 4) is 0 Å². The standard InChI is InChI=1S/C14H15F3N2O4S/c1-8-5-19(6-10(23-8)13(21)22)12(20)7-24-11-3-2-9(4-18-11)14(15,16)17/h2-4,8,10H,5-7H2,1H3,(H,21,22)/t8-,10?/m1/s1. The van der Waals surface area contributed by atoms with E-state index in [1.165, 1.54) is 11.0 Å². The van der Waals surface area contributed by atoms with Crippen LogP contribution in [0.2, 0.25) is 0 Å². The number of ether oxygens (including phenoxy) is 1. The number of thioether (sulfide) groups is 1. The first-order valence-corrected chi connectivity index (χ1v) is 7.97. The Morgan fingerprint density at radius 1 is 1.42 bits per heavy atom. The highest BCUT2D eigenvalue weighted by molar-refractivity contribution is 7.99. The summed E-state index contributed by atoms with van der Waals surface area (Å²) in [5.74, 6) is -1.50. The van der Waals surface area contributed by atoms with Gasteiger partial charge in [-0.1, -0.05) is 11.8 Å². The Kier molecular flexibility index (Phi) is 5.70. The molecule has 2 rings (SSSR count). The number of alkyl halides is 3. The molecule has 2 atom stereocenters. The molecule has 6 nitrogen and oxygen atoms in total. The average Bonchev–Trinajstić information content (AvgIpc) is 2.51. The van der Waals surface area contributed by atoms with E-state index in [4.69, 9.17) is 9.84 Å². The molecule has 1 aromatic rings. The second kappa shape index (κ2) is 7.39. The van der Waals surface area contributed by atoms with Gasteiger partial charge >= 0.3 is 12.1 Å². The van der Waals surface area contributed by atoms with E-state index < -0.39 is 29.9 Å². The van der Waals surface area contributed by atoms with Gasteiger partial charge in [0.1, 0.15) is 0 Å². The number of morpholine rings is 1. The fourth-order valence-electron chi connectivity index (χ4n) is 2.15. The second-order valence-electron chi connectivity index (χ2n) is 5.24. The molecule has 0 saturated carbocycles. The van der Waals surface area contributed by atoms with Gasteiger partial charge in [0.25, 0.3) is 0 Å². The SMILES string of the molecule is C[C@@H]1CN(C(=O)CSc2ccc(C(F)(F)F)cn2)CC(C(=O)O)O1. The van der Waals surface area contributed by atoms with Gasteiger partial charge in [-0.15, -0.1) is 0 Å². The highest BCUT2D eigenvalue weighted by Crippen LogP contribution is 2.29. The third kappa shape index (κ3) is 4.84. The minimum absolute atomic E-state index is 0.0442. The van der Waals surface area contributed by atoms with Gasteiger partial charge in [0, 0.05) is 12.7 Å². The van der Waals surface area contributed by atoms with Crippen molar-refractivity contribution in [1.82, 2.24) is 9.88 Å². The van der Waals surface area contributed by atoms with Gasteiger partial charge in [0.15, 0.2) is 6.10 Å². The summed E-state index contributed by atoms with van der Waals surface area (Å²) in [7, 11) is 0. The Bertz CT molecular complexity index is 609. The average molecular weight is 364 g/mol. The van der Waals surface area contributed by atoms with Crippen molar-refractivity contribution in [3.05, 3.63) is 23.9 Å². The molecule has 0 bridgehead atoms. The van der Waals surface area contributed by atoms with Crippen molar-refractivity contribution in [1.29, 1.82) is 0 Å². The zero-order valence-electron chi connectivity index (χ0n) is 12.6. The van der Waals surface area contributed by atoms with Crippen LogP contribution in [0.3, 0.4) is 0 Å². The molecule has 1 aliphatic rings. The minimum Gasteiger partial charge on any atom is -0.479 e. The van der Waals surface area contributed by atoms with Gasteiger partial charge in [-0.3, -0.25) is 4.79 Å². The summed E-state index contributed by atoms with van der Waals surface area (Å²) in [6.07, 6.45) is -5.23. The van der Waals surface area contributed by atoms with E-state index in [0.29, 0.717) is 6.20 Å². The minimum atomic E-state index is -4.46. The first-order chi connectivity index (χ1) is 11.2. The molecule has 1 aromatic heterocycles. The number of amides is 1. The second-order valence-corrected chi connectivity index (χ2v) is 6.24. The number of nitrogens with zero attached hydrogens (tertiary/aromatic N) is 2. The molecule has 1 aliphatic heterocycles. The lowest BCUT2D eigenvalue weighted by Gasteiger charge is -2.34. The fraction of sp³-hybridized carbons (Fsp3) is 0.500. The molecule has 1 unspecified atom stereocenters. The number of carbonyl (C=O) groups is 2. The number of hydrogen-bond acceptors (Lipinski definition) is 5. The number of halogens is 3. The van der Waals surface area contributed by atoms with Crippen LogP contribution in [0.5, 0.6) is 0 Å². The van der Waals surface area contributed by atoms with Crippen molar-refractivity contribution in [2.24, 2.45) is 0 Å². The summed E-state index contributed by atoms with van der Waals surface area (Å²) in [5, 5.41) is 9.27. The van der Waals surface area contributed by atoms with Gasteiger partial charge in [-0.25, -0.2) is 9.78 Å². The molecular weight excluding hydrogens is 349 g/mol. The number of aliphatic carboxylic acids is 1. The smallest absolute Gasteiger partial charge is 0.417 e. The number of rotatable bonds is 4. The van der Waals surface area contributed by atoms with Crippen LogP contribution in [0.15, 0.2) is 23.4 Å². The Morgan fingerprint density at radius 2 is 2.12 bits per heavy atom. The molecule has 10 heteroatoms. The van der Waals surface area contributed by atoms with Crippen LogP contribution in [0, 0.1) is 0 Å². The van der Waals surface area contributed by atoms with Crippen molar-refractivity contribution in [3.63, 3.8) is 0 Å². The maximum absolute atomic E-state index is 12.4. The maximum atomic E-state index is 12.4. The van der Waals surface area contributed by atoms with E-state index in [9.17, 15) is 22.8 Å². The number of aromatic nitrogens is 1. The fourth-order valence-corrected chi connectivity index (χ4v) is 2.90. The predicted molar refractivity (Wildman–Crippen MR) is 78.5 cm³/mol. The Labute approximate surface area is 140 Å². The summed E-state index contributed by atoms with van der Waals surface area (Å²) >= 11 is 0.994. The Balaban J connectivity index is 1.91. The predicted octanol–water partition coefficient (Wildman–Crippen LogP) is 1.89. The van der Waals surface area contributed by atoms with Crippen molar-refractivity contribution in [2.75, 3.05) is 18.8 Å². The first kappa shape index (κ1) is 18.5. The van der Waals surface area contributed by atoms with Gasteiger partial charge in [-0.05, 0) is 19.1 Å². The molecular formula is C14H15F3N2O4S. The molecule has 0 radical (unpaired) electrons. The van der Waals surface area contributed by atoms with Crippen LogP contribution >= 0.6 is 11.8 Å². The number of pyridine rings is 1. The number of carbonyl (C=O) groups excluding carboxylic acids is 1. The highest BCUT2D eigenvalue weighted by atomic mass is 32.2. The maximum Gasteiger partial charge on any atom is 0.417 e. The van der Waals surface area contributed by atoms with E-state index in [1.807, 2.05) is 0 Å². The van der Waals surface area contributed by atoms with Gasteiger partial charge in [-0.2, -0.15) is 13.2 Å². The highest BCUT2D eigenvalue weighted by Gasteiger charge is 2.33. The van der Waals surface area contributed by atoms with Crippen LogP contribution in [0.1, 0.15) is 12.5 Å². The van der Waals surface area contributed by atoms with E-state index in [0.717, 1.165) is 17.8 Å². The molecule has 1 amide bonds. The van der Waals surface area contributed by atoms with Crippen molar-refractivity contribution >= 4 is 23.6 Å². The molecule has 1 fully saturated rings. The van der Waals surface area contributed by atoms with Crippen LogP contribution < -0.4 is 0 Å². The van der Waals surface area contributed by atoms with Crippen LogP contribution in [0.25, 0.3) is 0 Å². The monoisotopic (exact) mass is 364 g/mol. The molecule has 2 heterocycles. The molecule has 0 aliphatic carbocycles. The topological polar surface area (TPSA) is 79.7 Å². The lowest BCUT2D eigenvalue weighted by molar-refractivity contribution is -0.165. The van der Waals surface area contributed by atoms with E-state index in [-0.39, 0.29) is 29.8 Å². The quantitative estimate of drug-likeness (QED) is 0.822. The number of hydrogen-bond donors (Lipinski definition) is 1. The summed E-state index contributed by atoms with van der Waals surface area (Å²) in [6.45, 7) is 1.88. The van der Waals surface area contributed by atoms with E-state index in [1.54, 1.807) is 6.92 Å². The summed E-state index contributed by atoms with van der Waals surface area (Å²) in [4.78, 5) is 28.2. The van der Waals surface area contributed by atoms with Crippen LogP contribution in [-0.2, 0) is 20.5 Å². The Morgan fingerprint density at radius 3 is 2.67 bits per heavy atom. The number of carboxylic acid groups (broad SMARTS) is 1. The third-order valence-corrected chi connectivity index (χ3v) is 4.22. The summed E-state index contributed by atoms with van der Waals surface area (Å²) < 4.78 is 42.6. The first-order valence-electron chi connectivity index (χ1n) is 6.99. The van der Waals surface area contributed by atoms with Crippen molar-refractivity contribution < 1.29 is 32.6 Å². The zero-order valence-corrected chi connectivity index (χ0v) is 13.4. The van der Waals surface area contributed by atoms with E-state index >= 15 is 0 Å². The van der Waals surface area contributed by atoms with Gasteiger partial charge in [0.2, 0.25) is 5.91 Å². The van der Waals surface area contributed by atoms with Gasteiger partial charge in [0.05, 0.1) is 29.0 Å². The third-order valence-electron chi connectivity index (χ3n) is 3.30. The lowest BCUT2D eigenvalue weighted by Crippen LogP contribution is -2.52. The molecule has 0 aromatic carbocycles. The molecule has 24 heavy (non-hydrogen) atoms. The molecule has 1 saturated heterocycles. The number of carboxylic acids is 1. The zero-order chi connectivity index (χ0) is 17.9. The lowest BCUT2D eigenvalue weighted by atomic mass is 10.2. The molecule has 132 valence electrons. The van der Waals surface area contributed by atoms with E-state index in [2.05, 4.69) is 4.98 Å². The summed E-state index contributed by atoms with van der Waals surface area (Å²) in [5.41, 5.74) is -0.857. The largest absolute Gasteiger partial charge is 0.479 e. The normalized spacial score (nSPS) is 21.6. The Hall–Kier alpha value is -1.81. The summed E-state index contributed by atoms with van der Waals surface area (Å²) in [6, 6.07) is 2.10. The molecule has 1 N–H and O–H groups in total. The van der Waals surface area contributed by atoms with Gasteiger partial charge < -0.3 is 14.7 Å².